The first kappa shape index (κ1) is 24.7. The molecule has 2 N–H and O–H groups in total. The van der Waals surface area contributed by atoms with Gasteiger partial charge in [0.15, 0.2) is 17.4 Å². The van der Waals surface area contributed by atoms with Crippen LogP contribution in [-0.4, -0.2) is 26.8 Å². The van der Waals surface area contributed by atoms with Gasteiger partial charge in [-0.05, 0) is 30.5 Å². The van der Waals surface area contributed by atoms with Crippen LogP contribution in [0.15, 0.2) is 89.3 Å². The number of hydrogen-bond donors (Lipinski definition) is 2. The van der Waals surface area contributed by atoms with Crippen molar-refractivity contribution in [3.8, 4) is 28.3 Å². The number of rotatable bonds is 7. The molecule has 3 aromatic carbocycles. The zero-order valence-corrected chi connectivity index (χ0v) is 20.6. The van der Waals surface area contributed by atoms with Crippen LogP contribution >= 0.6 is 0 Å². The Morgan fingerprint density at radius 3 is 2.30 bits per heavy atom. The highest BCUT2D eigenvalue weighted by atomic mass is 17.2. The van der Waals surface area contributed by atoms with E-state index in [1.807, 2.05) is 60.7 Å². The van der Waals surface area contributed by atoms with Gasteiger partial charge in [-0.15, -0.1) is 0 Å². The van der Waals surface area contributed by atoms with Gasteiger partial charge in [-0.3, -0.25) is 9.78 Å². The summed E-state index contributed by atoms with van der Waals surface area (Å²) in [5.74, 6) is 0.614. The highest BCUT2D eigenvalue weighted by molar-refractivity contribution is 5.76. The van der Waals surface area contributed by atoms with Gasteiger partial charge in [-0.1, -0.05) is 85.6 Å². The van der Waals surface area contributed by atoms with Crippen molar-refractivity contribution in [3.63, 3.8) is 0 Å². The van der Waals surface area contributed by atoms with E-state index >= 15 is 0 Å². The van der Waals surface area contributed by atoms with Crippen molar-refractivity contribution in [2.45, 2.75) is 50.2 Å². The largest absolute Gasteiger partial charge is 0.440 e. The molecule has 0 spiro atoms. The van der Waals surface area contributed by atoms with E-state index in [1.54, 1.807) is 24.3 Å². The minimum atomic E-state index is -1.59. The van der Waals surface area contributed by atoms with Crippen molar-refractivity contribution < 1.29 is 29.2 Å². The van der Waals surface area contributed by atoms with Gasteiger partial charge in [0.2, 0.25) is 0 Å². The molecule has 1 aromatic heterocycles. The minimum absolute atomic E-state index is 0.0190. The van der Waals surface area contributed by atoms with Crippen molar-refractivity contribution in [1.82, 2.24) is 4.98 Å². The first-order valence-corrected chi connectivity index (χ1v) is 12.4. The van der Waals surface area contributed by atoms with E-state index < -0.39 is 17.2 Å². The molecule has 0 saturated heterocycles. The van der Waals surface area contributed by atoms with Gasteiger partial charge in [0.05, 0.1) is 6.42 Å². The maximum Gasteiger partial charge on any atom is 0.352 e. The van der Waals surface area contributed by atoms with Gasteiger partial charge >= 0.3 is 5.97 Å². The quantitative estimate of drug-likeness (QED) is 0.252. The Kier molecular flexibility index (Phi) is 6.82. The minimum Gasteiger partial charge on any atom is -0.440 e. The molecule has 37 heavy (non-hydrogen) atoms. The van der Waals surface area contributed by atoms with Gasteiger partial charge in [0.25, 0.3) is 0 Å². The summed E-state index contributed by atoms with van der Waals surface area (Å²) in [6, 6.07) is 26.1. The van der Waals surface area contributed by atoms with E-state index in [-0.39, 0.29) is 12.2 Å². The number of hydrogen-bond acceptors (Lipinski definition) is 7. The highest BCUT2D eigenvalue weighted by Crippen LogP contribution is 2.47. The average molecular weight is 500 g/mol. The third-order valence-electron chi connectivity index (χ3n) is 6.91. The highest BCUT2D eigenvalue weighted by Gasteiger charge is 2.53. The predicted octanol–water partition coefficient (Wildman–Crippen LogP) is 5.60. The Morgan fingerprint density at radius 1 is 0.919 bits per heavy atom. The van der Waals surface area contributed by atoms with Gasteiger partial charge in [0.1, 0.15) is 16.9 Å². The number of oxazole rings is 1. The summed E-state index contributed by atoms with van der Waals surface area (Å²) in [6.45, 7) is 1.24. The molecule has 4 aromatic rings. The summed E-state index contributed by atoms with van der Waals surface area (Å²) in [5, 5.41) is 23.9. The lowest BCUT2D eigenvalue weighted by Crippen LogP contribution is -2.55. The molecule has 1 heterocycles. The number of benzene rings is 3. The topological polar surface area (TPSA) is 102 Å². The molecule has 7 heteroatoms. The first-order valence-electron chi connectivity index (χ1n) is 12.4. The SMILES string of the molecule is CC(=O)OOc1cccc(C2(O)CCCCC2(O)Cc2nc(-c3ccccc3)c(-c3ccccc3)o2)c1. The molecule has 0 amide bonds. The van der Waals surface area contributed by atoms with Gasteiger partial charge in [-0.2, -0.15) is 0 Å². The third kappa shape index (κ3) is 5.01. The van der Waals surface area contributed by atoms with Gasteiger partial charge < -0.3 is 14.6 Å². The van der Waals surface area contributed by atoms with E-state index in [1.165, 1.54) is 6.92 Å². The Labute approximate surface area is 215 Å². The van der Waals surface area contributed by atoms with Crippen LogP contribution < -0.4 is 4.89 Å². The van der Waals surface area contributed by atoms with Crippen LogP contribution in [0, 0.1) is 0 Å². The maximum absolute atomic E-state index is 12.0. The number of aromatic nitrogens is 1. The first-order chi connectivity index (χ1) is 17.9. The molecule has 0 radical (unpaired) electrons. The summed E-state index contributed by atoms with van der Waals surface area (Å²) in [6.07, 6.45) is 2.22. The summed E-state index contributed by atoms with van der Waals surface area (Å²) < 4.78 is 6.28. The molecular formula is C30H29NO6. The summed E-state index contributed by atoms with van der Waals surface area (Å²) in [4.78, 5) is 25.7. The smallest absolute Gasteiger partial charge is 0.352 e. The number of aliphatic hydroxyl groups is 2. The summed E-state index contributed by atoms with van der Waals surface area (Å²) >= 11 is 0. The molecule has 7 nitrogen and oxygen atoms in total. The van der Waals surface area contributed by atoms with Gasteiger partial charge in [-0.25, -0.2) is 9.78 Å². The lowest BCUT2D eigenvalue weighted by Gasteiger charge is -2.47. The number of nitrogens with zero attached hydrogens (tertiary/aromatic N) is 1. The van der Waals surface area contributed by atoms with Crippen LogP contribution in [0.5, 0.6) is 5.75 Å². The van der Waals surface area contributed by atoms with Crippen molar-refractivity contribution >= 4 is 5.97 Å². The Morgan fingerprint density at radius 2 is 1.59 bits per heavy atom. The van der Waals surface area contributed by atoms with E-state index in [0.717, 1.165) is 24.0 Å². The van der Waals surface area contributed by atoms with Crippen LogP contribution in [0.2, 0.25) is 0 Å². The van der Waals surface area contributed by atoms with Crippen LogP contribution in [-0.2, 0) is 21.7 Å². The van der Waals surface area contributed by atoms with Crippen LogP contribution in [0.25, 0.3) is 22.6 Å². The number of carbonyl (C=O) groups is 1. The lowest BCUT2D eigenvalue weighted by molar-refractivity contribution is -0.211. The zero-order valence-electron chi connectivity index (χ0n) is 20.6. The molecule has 190 valence electrons. The normalized spacial score (nSPS) is 21.4. The van der Waals surface area contributed by atoms with Crippen molar-refractivity contribution in [1.29, 1.82) is 0 Å². The lowest BCUT2D eigenvalue weighted by atomic mass is 9.66. The molecule has 1 aliphatic carbocycles. The fourth-order valence-corrected chi connectivity index (χ4v) is 5.06. The predicted molar refractivity (Wildman–Crippen MR) is 137 cm³/mol. The van der Waals surface area contributed by atoms with E-state index in [4.69, 9.17) is 14.3 Å². The Bertz CT molecular complexity index is 1310. The van der Waals surface area contributed by atoms with Crippen LogP contribution in [0.1, 0.15) is 44.1 Å². The summed E-state index contributed by atoms with van der Waals surface area (Å²) in [5.41, 5.74) is -0.203. The van der Waals surface area contributed by atoms with Crippen molar-refractivity contribution in [3.05, 3.63) is 96.4 Å². The van der Waals surface area contributed by atoms with E-state index in [2.05, 4.69) is 4.89 Å². The standard InChI is InChI=1S/C30H29NO6/c1-21(32)36-37-25-16-10-15-24(19-25)30(34)18-9-8-17-29(30,33)20-26-31-27(22-11-4-2-5-12-22)28(35-26)23-13-6-3-7-14-23/h2-7,10-16,19,33-34H,8-9,17-18,20H2,1H3. The van der Waals surface area contributed by atoms with Gasteiger partial charge in [0, 0.05) is 18.1 Å². The number of carbonyl (C=O) groups excluding carboxylic acids is 1. The Hall–Kier alpha value is -3.94. The van der Waals surface area contributed by atoms with E-state index in [9.17, 15) is 15.0 Å². The molecule has 1 fully saturated rings. The fourth-order valence-electron chi connectivity index (χ4n) is 5.06. The molecule has 2 atom stereocenters. The van der Waals surface area contributed by atoms with E-state index in [0.29, 0.717) is 35.7 Å². The second-order valence-corrected chi connectivity index (χ2v) is 9.48. The molecule has 2 unspecified atom stereocenters. The van der Waals surface area contributed by atoms with Crippen molar-refractivity contribution in [2.24, 2.45) is 0 Å². The molecular weight excluding hydrogens is 470 g/mol. The fraction of sp³-hybridized carbons (Fsp3) is 0.267. The third-order valence-corrected chi connectivity index (χ3v) is 6.91. The molecule has 0 aliphatic heterocycles. The van der Waals surface area contributed by atoms with Crippen LogP contribution in [0.4, 0.5) is 0 Å². The molecule has 1 saturated carbocycles. The zero-order chi connectivity index (χ0) is 25.9. The molecule has 5 rings (SSSR count). The second kappa shape index (κ2) is 10.2. The Balaban J connectivity index is 1.52. The van der Waals surface area contributed by atoms with Crippen LogP contribution in [0.3, 0.4) is 0 Å². The van der Waals surface area contributed by atoms with Crippen molar-refractivity contribution in [2.75, 3.05) is 0 Å². The molecule has 1 aliphatic rings. The average Bonchev–Trinajstić information content (AvgIpc) is 3.34. The monoisotopic (exact) mass is 499 g/mol. The molecule has 0 bridgehead atoms. The maximum atomic E-state index is 12.0. The summed E-state index contributed by atoms with van der Waals surface area (Å²) in [7, 11) is 0. The second-order valence-electron chi connectivity index (χ2n) is 9.48.